The molecule has 0 aliphatic carbocycles. The zero-order valence-electron chi connectivity index (χ0n) is 10.4. The van der Waals surface area contributed by atoms with Crippen LogP contribution in [0.15, 0.2) is 42.5 Å². The first-order valence-electron chi connectivity index (χ1n) is 5.78. The van der Waals surface area contributed by atoms with E-state index in [1.54, 1.807) is 0 Å². The van der Waals surface area contributed by atoms with Gasteiger partial charge in [0.2, 0.25) is 0 Å². The van der Waals surface area contributed by atoms with Crippen LogP contribution in [0.25, 0.3) is 0 Å². The molecule has 110 valence electrons. The molecule has 0 amide bonds. The lowest BCUT2D eigenvalue weighted by Crippen LogP contribution is -2.29. The van der Waals surface area contributed by atoms with E-state index in [1.165, 1.54) is 30.3 Å². The zero-order valence-corrected chi connectivity index (χ0v) is 11.2. The monoisotopic (exact) mass is 316 g/mol. The highest BCUT2D eigenvalue weighted by Gasteiger charge is 2.33. The lowest BCUT2D eigenvalue weighted by molar-refractivity contribution is -0.137. The fourth-order valence-electron chi connectivity index (χ4n) is 1.63. The van der Waals surface area contributed by atoms with Crippen LogP contribution >= 0.6 is 11.6 Å². The van der Waals surface area contributed by atoms with Gasteiger partial charge in [0, 0.05) is 0 Å². The van der Waals surface area contributed by atoms with Gasteiger partial charge in [0.15, 0.2) is 0 Å². The second-order valence-corrected chi connectivity index (χ2v) is 4.59. The molecule has 0 aromatic heterocycles. The van der Waals surface area contributed by atoms with Crippen molar-refractivity contribution in [1.82, 2.24) is 0 Å². The Hall–Kier alpha value is -1.70. The summed E-state index contributed by atoms with van der Waals surface area (Å²) < 4.78 is 43.4. The van der Waals surface area contributed by atoms with Crippen LogP contribution in [0.4, 0.5) is 13.2 Å². The van der Waals surface area contributed by atoms with Crippen molar-refractivity contribution in [2.45, 2.75) is 6.18 Å². The van der Waals surface area contributed by atoms with Crippen LogP contribution in [0.5, 0.6) is 11.5 Å². The van der Waals surface area contributed by atoms with E-state index in [4.69, 9.17) is 26.4 Å². The molecule has 2 aromatic carbocycles. The highest BCUT2D eigenvalue weighted by molar-refractivity contribution is 6.58. The summed E-state index contributed by atoms with van der Waals surface area (Å²) in [6.07, 6.45) is -4.57. The predicted molar refractivity (Wildman–Crippen MR) is 72.8 cm³/mol. The zero-order chi connectivity index (χ0) is 15.6. The summed E-state index contributed by atoms with van der Waals surface area (Å²) in [6.45, 7) is 0. The second kappa shape index (κ2) is 5.97. The molecule has 0 spiro atoms. The molecule has 0 radical (unpaired) electrons. The SMILES string of the molecule is OB(O)c1ccc(Oc2ccc(Cl)c(C(F)(F)F)c2)cc1. The number of alkyl halides is 3. The van der Waals surface area contributed by atoms with E-state index in [0.717, 1.165) is 12.1 Å². The van der Waals surface area contributed by atoms with Gasteiger partial charge >= 0.3 is 13.3 Å². The van der Waals surface area contributed by atoms with Crippen LogP contribution in [0.2, 0.25) is 5.02 Å². The molecular weight excluding hydrogens is 307 g/mol. The minimum absolute atomic E-state index is 0.0241. The lowest BCUT2D eigenvalue weighted by Gasteiger charge is -2.12. The Labute approximate surface area is 123 Å². The second-order valence-electron chi connectivity index (χ2n) is 4.18. The molecule has 0 fully saturated rings. The molecule has 8 heteroatoms. The number of halogens is 4. The van der Waals surface area contributed by atoms with Gasteiger partial charge in [-0.3, -0.25) is 0 Å². The minimum Gasteiger partial charge on any atom is -0.457 e. The first-order chi connectivity index (χ1) is 9.77. The number of benzene rings is 2. The van der Waals surface area contributed by atoms with Gasteiger partial charge in [-0.25, -0.2) is 0 Å². The molecule has 0 saturated carbocycles. The quantitative estimate of drug-likeness (QED) is 0.856. The third-order valence-corrected chi connectivity index (χ3v) is 2.99. The van der Waals surface area contributed by atoms with E-state index >= 15 is 0 Å². The Morgan fingerprint density at radius 3 is 2.05 bits per heavy atom. The average molecular weight is 316 g/mol. The smallest absolute Gasteiger partial charge is 0.457 e. The van der Waals surface area contributed by atoms with Crippen molar-refractivity contribution in [1.29, 1.82) is 0 Å². The van der Waals surface area contributed by atoms with Gasteiger partial charge in [0.25, 0.3) is 0 Å². The molecule has 2 aromatic rings. The third kappa shape index (κ3) is 3.90. The summed E-state index contributed by atoms with van der Waals surface area (Å²) in [6, 6.07) is 8.82. The van der Waals surface area contributed by atoms with Crippen molar-refractivity contribution in [3.63, 3.8) is 0 Å². The summed E-state index contributed by atoms with van der Waals surface area (Å²) in [5.74, 6) is 0.235. The maximum atomic E-state index is 12.7. The lowest BCUT2D eigenvalue weighted by atomic mass is 9.80. The normalized spacial score (nSPS) is 11.3. The van der Waals surface area contributed by atoms with Crippen LogP contribution in [0, 0.1) is 0 Å². The topological polar surface area (TPSA) is 49.7 Å². The van der Waals surface area contributed by atoms with E-state index < -0.39 is 23.9 Å². The molecule has 0 bridgehead atoms. The molecule has 0 unspecified atom stereocenters. The van der Waals surface area contributed by atoms with Crippen LogP contribution in [-0.2, 0) is 6.18 Å². The third-order valence-electron chi connectivity index (χ3n) is 2.66. The van der Waals surface area contributed by atoms with Gasteiger partial charge in [0.1, 0.15) is 11.5 Å². The number of hydrogen-bond acceptors (Lipinski definition) is 3. The van der Waals surface area contributed by atoms with Gasteiger partial charge in [-0.05, 0) is 35.8 Å². The van der Waals surface area contributed by atoms with Gasteiger partial charge in [-0.15, -0.1) is 0 Å². The molecule has 3 nitrogen and oxygen atoms in total. The fraction of sp³-hybridized carbons (Fsp3) is 0.0769. The molecule has 0 heterocycles. The Morgan fingerprint density at radius 1 is 0.952 bits per heavy atom. The fourth-order valence-corrected chi connectivity index (χ4v) is 1.85. The van der Waals surface area contributed by atoms with E-state index in [2.05, 4.69) is 0 Å². The maximum Gasteiger partial charge on any atom is 0.488 e. The molecule has 2 rings (SSSR count). The summed E-state index contributed by atoms with van der Waals surface area (Å²) in [5.41, 5.74) is -0.737. The standard InChI is InChI=1S/C13H9BClF3O3/c15-12-6-5-10(7-11(12)13(16,17)18)21-9-3-1-8(2-4-9)14(19)20/h1-7,19-20H. The highest BCUT2D eigenvalue weighted by Crippen LogP contribution is 2.37. The summed E-state index contributed by atoms with van der Waals surface area (Å²) in [5, 5.41) is 17.5. The maximum absolute atomic E-state index is 12.7. The highest BCUT2D eigenvalue weighted by atomic mass is 35.5. The summed E-state index contributed by atoms with van der Waals surface area (Å²) in [7, 11) is -1.62. The van der Waals surface area contributed by atoms with Gasteiger partial charge in [-0.1, -0.05) is 23.7 Å². The molecule has 0 saturated heterocycles. The Kier molecular flexibility index (Phi) is 4.46. The van der Waals surface area contributed by atoms with Crippen LogP contribution < -0.4 is 10.2 Å². The number of ether oxygens (including phenoxy) is 1. The predicted octanol–water partition coefficient (Wildman–Crippen LogP) is 2.83. The first kappa shape index (κ1) is 15.7. The molecule has 0 aliphatic rings. The first-order valence-corrected chi connectivity index (χ1v) is 6.16. The molecule has 0 atom stereocenters. The van der Waals surface area contributed by atoms with Crippen LogP contribution in [0.3, 0.4) is 0 Å². The van der Waals surface area contributed by atoms with Crippen LogP contribution in [0.1, 0.15) is 5.56 Å². The van der Waals surface area contributed by atoms with Crippen molar-refractivity contribution in [2.75, 3.05) is 0 Å². The number of hydrogen-bond donors (Lipinski definition) is 2. The van der Waals surface area contributed by atoms with Crippen molar-refractivity contribution >= 4 is 24.2 Å². The van der Waals surface area contributed by atoms with Crippen LogP contribution in [-0.4, -0.2) is 17.2 Å². The van der Waals surface area contributed by atoms with E-state index in [0.29, 0.717) is 0 Å². The largest absolute Gasteiger partial charge is 0.488 e. The van der Waals surface area contributed by atoms with Crippen molar-refractivity contribution in [3.8, 4) is 11.5 Å². The summed E-state index contributed by atoms with van der Waals surface area (Å²) in [4.78, 5) is 0. The molecule has 2 N–H and O–H groups in total. The van der Waals surface area contributed by atoms with E-state index in [-0.39, 0.29) is 17.0 Å². The number of rotatable bonds is 3. The van der Waals surface area contributed by atoms with E-state index in [9.17, 15) is 13.2 Å². The summed E-state index contributed by atoms with van der Waals surface area (Å²) >= 11 is 5.51. The molecular formula is C13H9BClF3O3. The molecule has 21 heavy (non-hydrogen) atoms. The Bertz CT molecular complexity index is 630. The van der Waals surface area contributed by atoms with Crippen molar-refractivity contribution in [2.24, 2.45) is 0 Å². The van der Waals surface area contributed by atoms with Gasteiger partial charge < -0.3 is 14.8 Å². The van der Waals surface area contributed by atoms with Gasteiger partial charge in [-0.2, -0.15) is 13.2 Å². The Morgan fingerprint density at radius 2 is 1.52 bits per heavy atom. The van der Waals surface area contributed by atoms with Crippen molar-refractivity contribution in [3.05, 3.63) is 53.1 Å². The minimum atomic E-state index is -4.57. The van der Waals surface area contributed by atoms with Gasteiger partial charge in [0.05, 0.1) is 10.6 Å². The average Bonchev–Trinajstić information content (AvgIpc) is 2.40. The molecule has 0 aliphatic heterocycles. The van der Waals surface area contributed by atoms with E-state index in [1.807, 2.05) is 0 Å². The Balaban J connectivity index is 2.24. The van der Waals surface area contributed by atoms with Crippen molar-refractivity contribution < 1.29 is 28.0 Å².